The number of benzene rings is 1. The Morgan fingerprint density at radius 1 is 1.37 bits per heavy atom. The predicted octanol–water partition coefficient (Wildman–Crippen LogP) is 3.53. The Balaban J connectivity index is 2.05. The predicted molar refractivity (Wildman–Crippen MR) is 81.7 cm³/mol. The number of hydrogen-bond acceptors (Lipinski definition) is 2. The second-order valence-electron chi connectivity index (χ2n) is 4.55. The number of carbonyl (C=O) groups is 1. The van der Waals surface area contributed by atoms with Crippen molar-refractivity contribution in [3.05, 3.63) is 42.1 Å². The molecule has 1 aromatic carbocycles. The van der Waals surface area contributed by atoms with Gasteiger partial charge in [-0.05, 0) is 31.0 Å². The standard InChI is InChI=1S/C15H17BrN2O/c1-11(16)5-3-10-18-15(19)13-6-2-8-14-12(13)7-4-9-17-14/h2,4,6-9,11H,3,5,10H2,1H3,(H,18,19). The Kier molecular flexibility index (Phi) is 4.91. The van der Waals surface area contributed by atoms with Crippen molar-refractivity contribution >= 4 is 32.7 Å². The summed E-state index contributed by atoms with van der Waals surface area (Å²) in [7, 11) is 0. The van der Waals surface area contributed by atoms with Gasteiger partial charge in [0.05, 0.1) is 5.52 Å². The normalized spacial score (nSPS) is 12.3. The Labute approximate surface area is 121 Å². The van der Waals surface area contributed by atoms with E-state index >= 15 is 0 Å². The molecular weight excluding hydrogens is 304 g/mol. The van der Waals surface area contributed by atoms with Gasteiger partial charge in [-0.2, -0.15) is 0 Å². The number of pyridine rings is 1. The second kappa shape index (κ2) is 6.66. The first kappa shape index (κ1) is 14.0. The molecule has 0 saturated heterocycles. The zero-order chi connectivity index (χ0) is 13.7. The highest BCUT2D eigenvalue weighted by molar-refractivity contribution is 9.09. The molecule has 1 aromatic heterocycles. The van der Waals surface area contributed by atoms with Crippen LogP contribution in [-0.2, 0) is 0 Å². The highest BCUT2D eigenvalue weighted by Gasteiger charge is 2.09. The molecule has 0 aliphatic rings. The van der Waals surface area contributed by atoms with Crippen LogP contribution in [0.4, 0.5) is 0 Å². The molecular formula is C15H17BrN2O. The van der Waals surface area contributed by atoms with Crippen molar-refractivity contribution in [2.24, 2.45) is 0 Å². The summed E-state index contributed by atoms with van der Waals surface area (Å²) < 4.78 is 0. The van der Waals surface area contributed by atoms with Crippen molar-refractivity contribution < 1.29 is 4.79 Å². The van der Waals surface area contributed by atoms with Crippen LogP contribution in [0.2, 0.25) is 0 Å². The highest BCUT2D eigenvalue weighted by Crippen LogP contribution is 2.16. The molecule has 1 amide bonds. The van der Waals surface area contributed by atoms with Gasteiger partial charge in [0.1, 0.15) is 0 Å². The minimum atomic E-state index is -0.0270. The van der Waals surface area contributed by atoms with Crippen LogP contribution in [0.25, 0.3) is 10.9 Å². The molecule has 0 saturated carbocycles. The Morgan fingerprint density at radius 2 is 2.21 bits per heavy atom. The number of nitrogens with one attached hydrogen (secondary N) is 1. The fourth-order valence-electron chi connectivity index (χ4n) is 1.98. The van der Waals surface area contributed by atoms with Gasteiger partial charge in [-0.3, -0.25) is 9.78 Å². The van der Waals surface area contributed by atoms with Crippen LogP contribution >= 0.6 is 15.9 Å². The van der Waals surface area contributed by atoms with E-state index in [0.717, 1.165) is 23.7 Å². The smallest absolute Gasteiger partial charge is 0.251 e. The molecule has 2 rings (SSSR count). The highest BCUT2D eigenvalue weighted by atomic mass is 79.9. The molecule has 1 atom stereocenters. The molecule has 0 fully saturated rings. The molecule has 2 aromatic rings. The summed E-state index contributed by atoms with van der Waals surface area (Å²) in [4.78, 5) is 16.9. The van der Waals surface area contributed by atoms with Crippen LogP contribution in [0.5, 0.6) is 0 Å². The number of nitrogens with zero attached hydrogens (tertiary/aromatic N) is 1. The lowest BCUT2D eigenvalue weighted by molar-refractivity contribution is 0.0954. The van der Waals surface area contributed by atoms with Crippen molar-refractivity contribution in [1.82, 2.24) is 10.3 Å². The minimum Gasteiger partial charge on any atom is -0.352 e. The first-order chi connectivity index (χ1) is 9.18. The molecule has 100 valence electrons. The summed E-state index contributed by atoms with van der Waals surface area (Å²) >= 11 is 3.50. The molecule has 0 aliphatic carbocycles. The van der Waals surface area contributed by atoms with E-state index in [1.54, 1.807) is 6.20 Å². The van der Waals surface area contributed by atoms with Crippen LogP contribution in [-0.4, -0.2) is 22.3 Å². The summed E-state index contributed by atoms with van der Waals surface area (Å²) in [5.41, 5.74) is 1.54. The third kappa shape index (κ3) is 3.77. The van der Waals surface area contributed by atoms with E-state index in [0.29, 0.717) is 16.9 Å². The maximum atomic E-state index is 12.2. The first-order valence-electron chi connectivity index (χ1n) is 6.44. The SMILES string of the molecule is CC(Br)CCCNC(=O)c1cccc2ncccc12. The molecule has 0 bridgehead atoms. The van der Waals surface area contributed by atoms with Crippen molar-refractivity contribution in [1.29, 1.82) is 0 Å². The Bertz CT molecular complexity index is 564. The lowest BCUT2D eigenvalue weighted by Crippen LogP contribution is -2.25. The summed E-state index contributed by atoms with van der Waals surface area (Å²) in [6.45, 7) is 2.81. The molecule has 4 heteroatoms. The average molecular weight is 321 g/mol. The number of aromatic nitrogens is 1. The summed E-state index contributed by atoms with van der Waals surface area (Å²) in [5, 5.41) is 3.86. The van der Waals surface area contributed by atoms with Gasteiger partial charge in [-0.15, -0.1) is 0 Å². The number of alkyl halides is 1. The third-order valence-corrected chi connectivity index (χ3v) is 3.41. The maximum Gasteiger partial charge on any atom is 0.251 e. The van der Waals surface area contributed by atoms with Crippen LogP contribution in [0.3, 0.4) is 0 Å². The molecule has 0 aliphatic heterocycles. The van der Waals surface area contributed by atoms with Crippen molar-refractivity contribution in [2.45, 2.75) is 24.6 Å². The molecule has 3 nitrogen and oxygen atoms in total. The van der Waals surface area contributed by atoms with E-state index in [2.05, 4.69) is 33.2 Å². The van der Waals surface area contributed by atoms with Crippen LogP contribution in [0.15, 0.2) is 36.5 Å². The zero-order valence-corrected chi connectivity index (χ0v) is 12.5. The lowest BCUT2D eigenvalue weighted by Gasteiger charge is -2.08. The van der Waals surface area contributed by atoms with Gasteiger partial charge in [0.2, 0.25) is 0 Å². The summed E-state index contributed by atoms with van der Waals surface area (Å²) in [5.74, 6) is -0.0270. The van der Waals surface area contributed by atoms with Gasteiger partial charge < -0.3 is 5.32 Å². The molecule has 1 N–H and O–H groups in total. The van der Waals surface area contributed by atoms with Crippen LogP contribution in [0, 0.1) is 0 Å². The molecule has 0 spiro atoms. The number of amides is 1. The molecule has 1 unspecified atom stereocenters. The number of halogens is 1. The Morgan fingerprint density at radius 3 is 3.00 bits per heavy atom. The van der Waals surface area contributed by atoms with E-state index in [-0.39, 0.29) is 5.91 Å². The van der Waals surface area contributed by atoms with Crippen molar-refractivity contribution in [3.63, 3.8) is 0 Å². The van der Waals surface area contributed by atoms with Crippen LogP contribution < -0.4 is 5.32 Å². The van der Waals surface area contributed by atoms with E-state index in [9.17, 15) is 4.79 Å². The molecule has 0 radical (unpaired) electrons. The van der Waals surface area contributed by atoms with Gasteiger partial charge >= 0.3 is 0 Å². The summed E-state index contributed by atoms with van der Waals surface area (Å²) in [6, 6.07) is 9.40. The average Bonchev–Trinajstić information content (AvgIpc) is 2.42. The number of hydrogen-bond donors (Lipinski definition) is 1. The van der Waals surface area contributed by atoms with Crippen molar-refractivity contribution in [3.8, 4) is 0 Å². The van der Waals surface area contributed by atoms with Gasteiger partial charge in [0.15, 0.2) is 0 Å². The van der Waals surface area contributed by atoms with E-state index < -0.39 is 0 Å². The van der Waals surface area contributed by atoms with E-state index in [1.807, 2.05) is 30.3 Å². The maximum absolute atomic E-state index is 12.2. The fourth-order valence-corrected chi connectivity index (χ4v) is 2.31. The third-order valence-electron chi connectivity index (χ3n) is 2.95. The molecule has 1 heterocycles. The zero-order valence-electron chi connectivity index (χ0n) is 10.9. The first-order valence-corrected chi connectivity index (χ1v) is 7.36. The second-order valence-corrected chi connectivity index (χ2v) is 6.12. The van der Waals surface area contributed by atoms with Crippen LogP contribution in [0.1, 0.15) is 30.1 Å². The van der Waals surface area contributed by atoms with Gasteiger partial charge in [0, 0.05) is 28.5 Å². The number of rotatable bonds is 5. The Hall–Kier alpha value is -1.42. The summed E-state index contributed by atoms with van der Waals surface area (Å²) in [6.07, 6.45) is 3.76. The van der Waals surface area contributed by atoms with Gasteiger partial charge in [0.25, 0.3) is 5.91 Å². The molecule has 19 heavy (non-hydrogen) atoms. The number of fused-ring (bicyclic) bond motifs is 1. The lowest BCUT2D eigenvalue weighted by atomic mass is 10.1. The largest absolute Gasteiger partial charge is 0.352 e. The topological polar surface area (TPSA) is 42.0 Å². The van der Waals surface area contributed by atoms with Gasteiger partial charge in [-0.1, -0.05) is 35.0 Å². The quantitative estimate of drug-likeness (QED) is 0.676. The van der Waals surface area contributed by atoms with Crippen molar-refractivity contribution in [2.75, 3.05) is 6.54 Å². The van der Waals surface area contributed by atoms with E-state index in [1.165, 1.54) is 0 Å². The monoisotopic (exact) mass is 320 g/mol. The van der Waals surface area contributed by atoms with Gasteiger partial charge in [-0.25, -0.2) is 0 Å². The minimum absolute atomic E-state index is 0.0270. The number of carbonyl (C=O) groups excluding carboxylic acids is 1. The fraction of sp³-hybridized carbons (Fsp3) is 0.333. The van der Waals surface area contributed by atoms with E-state index in [4.69, 9.17) is 0 Å².